The molecule has 1 aromatic heterocycles. The number of anilines is 3. The molecule has 0 aliphatic heterocycles. The Kier molecular flexibility index (Phi) is 5.09. The Morgan fingerprint density at radius 1 is 1.00 bits per heavy atom. The van der Waals surface area contributed by atoms with Gasteiger partial charge in [-0.05, 0) is 65.7 Å². The van der Waals surface area contributed by atoms with Gasteiger partial charge in [-0.1, -0.05) is 24.3 Å². The van der Waals surface area contributed by atoms with Gasteiger partial charge < -0.3 is 10.6 Å². The van der Waals surface area contributed by atoms with Gasteiger partial charge in [0.25, 0.3) is 5.91 Å². The minimum atomic E-state index is -0.287. The van der Waals surface area contributed by atoms with Gasteiger partial charge in [-0.3, -0.25) is 4.79 Å². The van der Waals surface area contributed by atoms with Crippen molar-refractivity contribution in [2.45, 2.75) is 13.8 Å². The molecule has 0 radical (unpaired) electrons. The number of aryl methyl sites for hydroxylation is 2. The van der Waals surface area contributed by atoms with Gasteiger partial charge in [-0.25, -0.2) is 9.97 Å². The number of benzene rings is 2. The van der Waals surface area contributed by atoms with Gasteiger partial charge >= 0.3 is 0 Å². The topological polar surface area (TPSA) is 66.9 Å². The summed E-state index contributed by atoms with van der Waals surface area (Å²) in [6.07, 6.45) is 0. The van der Waals surface area contributed by atoms with E-state index in [1.807, 2.05) is 62.4 Å². The number of nitrogens with one attached hydrogen (secondary N) is 2. The fourth-order valence-corrected chi connectivity index (χ4v) is 2.73. The summed E-state index contributed by atoms with van der Waals surface area (Å²) in [6, 6.07) is 17.0. The summed E-state index contributed by atoms with van der Waals surface area (Å²) in [7, 11) is 0. The lowest BCUT2D eigenvalue weighted by molar-refractivity contribution is 0.102. The van der Waals surface area contributed by atoms with Crippen molar-refractivity contribution in [3.05, 3.63) is 76.0 Å². The SMILES string of the molecule is Cc1cccc(Nc2nc(C)cc(C(=O)Nc3ccccc3Br)n2)c1. The first kappa shape index (κ1) is 17.1. The van der Waals surface area contributed by atoms with Crippen molar-refractivity contribution in [1.29, 1.82) is 0 Å². The van der Waals surface area contributed by atoms with E-state index < -0.39 is 0 Å². The molecular formula is C19H17BrN4O. The Balaban J connectivity index is 1.83. The number of halogens is 1. The highest BCUT2D eigenvalue weighted by Crippen LogP contribution is 2.22. The molecule has 1 amide bonds. The van der Waals surface area contributed by atoms with E-state index >= 15 is 0 Å². The summed E-state index contributed by atoms with van der Waals surface area (Å²) >= 11 is 3.42. The van der Waals surface area contributed by atoms with Crippen LogP contribution in [-0.2, 0) is 0 Å². The van der Waals surface area contributed by atoms with Crippen molar-refractivity contribution < 1.29 is 4.79 Å². The minimum absolute atomic E-state index is 0.287. The monoisotopic (exact) mass is 396 g/mol. The van der Waals surface area contributed by atoms with Gasteiger partial charge in [0.1, 0.15) is 5.69 Å². The van der Waals surface area contributed by atoms with E-state index in [4.69, 9.17) is 0 Å². The third-order valence-corrected chi connectivity index (χ3v) is 4.17. The Bertz CT molecular complexity index is 927. The third kappa shape index (κ3) is 4.42. The molecule has 5 nitrogen and oxygen atoms in total. The summed E-state index contributed by atoms with van der Waals surface area (Å²) in [4.78, 5) is 21.2. The molecule has 0 atom stereocenters. The van der Waals surface area contributed by atoms with Crippen LogP contribution >= 0.6 is 15.9 Å². The number of carbonyl (C=O) groups excluding carboxylic acids is 1. The number of aromatic nitrogens is 2. The van der Waals surface area contributed by atoms with Crippen LogP contribution in [0.5, 0.6) is 0 Å². The van der Waals surface area contributed by atoms with Gasteiger partial charge in [0.2, 0.25) is 5.95 Å². The summed E-state index contributed by atoms with van der Waals surface area (Å²) in [5, 5.41) is 5.99. The molecule has 2 N–H and O–H groups in total. The molecule has 0 aliphatic rings. The van der Waals surface area contributed by atoms with Crippen molar-refractivity contribution in [2.75, 3.05) is 10.6 Å². The van der Waals surface area contributed by atoms with Gasteiger partial charge in [0.05, 0.1) is 5.69 Å². The normalized spacial score (nSPS) is 10.4. The van der Waals surface area contributed by atoms with Crippen LogP contribution in [0.3, 0.4) is 0 Å². The Labute approximate surface area is 154 Å². The predicted molar refractivity (Wildman–Crippen MR) is 103 cm³/mol. The first-order valence-corrected chi connectivity index (χ1v) is 8.56. The summed E-state index contributed by atoms with van der Waals surface area (Å²) in [5.41, 5.74) is 3.71. The number of carbonyl (C=O) groups is 1. The number of hydrogen-bond donors (Lipinski definition) is 2. The number of rotatable bonds is 4. The van der Waals surface area contributed by atoms with Gasteiger partial charge in [-0.15, -0.1) is 0 Å². The van der Waals surface area contributed by atoms with Gasteiger partial charge in [0, 0.05) is 15.9 Å². The zero-order valence-electron chi connectivity index (χ0n) is 13.9. The van der Waals surface area contributed by atoms with Crippen LogP contribution < -0.4 is 10.6 Å². The van der Waals surface area contributed by atoms with Crippen molar-refractivity contribution >= 4 is 39.2 Å². The zero-order chi connectivity index (χ0) is 17.8. The van der Waals surface area contributed by atoms with E-state index in [1.54, 1.807) is 6.07 Å². The number of para-hydroxylation sites is 1. The van der Waals surface area contributed by atoms with Crippen LogP contribution in [0.2, 0.25) is 0 Å². The molecule has 126 valence electrons. The van der Waals surface area contributed by atoms with E-state index in [-0.39, 0.29) is 5.91 Å². The predicted octanol–water partition coefficient (Wildman–Crippen LogP) is 4.85. The second-order valence-electron chi connectivity index (χ2n) is 5.65. The summed E-state index contributed by atoms with van der Waals surface area (Å²) in [6.45, 7) is 3.84. The van der Waals surface area contributed by atoms with Crippen LogP contribution in [0.4, 0.5) is 17.3 Å². The second-order valence-corrected chi connectivity index (χ2v) is 6.50. The quantitative estimate of drug-likeness (QED) is 0.661. The van der Waals surface area contributed by atoms with Crippen LogP contribution in [0, 0.1) is 13.8 Å². The zero-order valence-corrected chi connectivity index (χ0v) is 15.5. The van der Waals surface area contributed by atoms with E-state index in [0.29, 0.717) is 23.0 Å². The molecule has 0 aliphatic carbocycles. The molecule has 0 saturated carbocycles. The Morgan fingerprint density at radius 3 is 2.56 bits per heavy atom. The molecule has 2 aromatic carbocycles. The van der Waals surface area contributed by atoms with E-state index in [0.717, 1.165) is 15.7 Å². The molecule has 0 saturated heterocycles. The van der Waals surface area contributed by atoms with E-state index in [9.17, 15) is 4.79 Å². The van der Waals surface area contributed by atoms with E-state index in [2.05, 4.69) is 36.5 Å². The minimum Gasteiger partial charge on any atom is -0.324 e. The maximum absolute atomic E-state index is 12.5. The fourth-order valence-electron chi connectivity index (χ4n) is 2.34. The van der Waals surface area contributed by atoms with Crippen molar-refractivity contribution in [1.82, 2.24) is 9.97 Å². The molecule has 25 heavy (non-hydrogen) atoms. The van der Waals surface area contributed by atoms with Crippen molar-refractivity contribution in [2.24, 2.45) is 0 Å². The standard InChI is InChI=1S/C19H17BrN4O/c1-12-6-5-7-14(10-12)22-19-21-13(2)11-17(24-19)18(25)23-16-9-4-3-8-15(16)20/h3-11H,1-2H3,(H,23,25)(H,21,22,24). The molecule has 1 heterocycles. The largest absolute Gasteiger partial charge is 0.324 e. The lowest BCUT2D eigenvalue weighted by Crippen LogP contribution is -2.15. The first-order chi connectivity index (χ1) is 12.0. The molecule has 0 bridgehead atoms. The molecule has 3 rings (SSSR count). The summed E-state index contributed by atoms with van der Waals surface area (Å²) in [5.74, 6) is 0.104. The molecule has 0 spiro atoms. The third-order valence-electron chi connectivity index (χ3n) is 3.48. The van der Waals surface area contributed by atoms with Crippen molar-refractivity contribution in [3.8, 4) is 0 Å². The maximum Gasteiger partial charge on any atom is 0.274 e. The molecule has 6 heteroatoms. The van der Waals surface area contributed by atoms with Crippen LogP contribution in [-0.4, -0.2) is 15.9 Å². The highest BCUT2D eigenvalue weighted by Gasteiger charge is 2.12. The molecule has 3 aromatic rings. The molecular weight excluding hydrogens is 380 g/mol. The highest BCUT2D eigenvalue weighted by molar-refractivity contribution is 9.10. The maximum atomic E-state index is 12.5. The lowest BCUT2D eigenvalue weighted by Gasteiger charge is -2.10. The number of nitrogens with zero attached hydrogens (tertiary/aromatic N) is 2. The lowest BCUT2D eigenvalue weighted by atomic mass is 10.2. The van der Waals surface area contributed by atoms with Crippen LogP contribution in [0.25, 0.3) is 0 Å². The van der Waals surface area contributed by atoms with E-state index in [1.165, 1.54) is 0 Å². The summed E-state index contributed by atoms with van der Waals surface area (Å²) < 4.78 is 0.812. The average Bonchev–Trinajstić information content (AvgIpc) is 2.56. The molecule has 0 unspecified atom stereocenters. The highest BCUT2D eigenvalue weighted by atomic mass is 79.9. The number of amides is 1. The van der Waals surface area contributed by atoms with Gasteiger partial charge in [-0.2, -0.15) is 0 Å². The van der Waals surface area contributed by atoms with Crippen molar-refractivity contribution in [3.63, 3.8) is 0 Å². The smallest absolute Gasteiger partial charge is 0.274 e. The average molecular weight is 397 g/mol. The Hall–Kier alpha value is -2.73. The first-order valence-electron chi connectivity index (χ1n) is 7.76. The Morgan fingerprint density at radius 2 is 1.80 bits per heavy atom. The van der Waals surface area contributed by atoms with Gasteiger partial charge in [0.15, 0.2) is 0 Å². The van der Waals surface area contributed by atoms with Crippen LogP contribution in [0.1, 0.15) is 21.7 Å². The second kappa shape index (κ2) is 7.44. The number of hydrogen-bond acceptors (Lipinski definition) is 4. The molecule has 0 fully saturated rings. The fraction of sp³-hybridized carbons (Fsp3) is 0.105. The van der Waals surface area contributed by atoms with Crippen LogP contribution in [0.15, 0.2) is 59.1 Å².